The molecule has 3 rings (SSSR count). The highest BCUT2D eigenvalue weighted by molar-refractivity contribution is 8.18. The van der Waals surface area contributed by atoms with E-state index >= 15 is 0 Å². The van der Waals surface area contributed by atoms with E-state index in [1.54, 1.807) is 6.08 Å². The normalized spacial score (nSPS) is 16.7. The highest BCUT2D eigenvalue weighted by atomic mass is 35.5. The molecular formula is C16H12ClFN2O2S. The summed E-state index contributed by atoms with van der Waals surface area (Å²) < 4.78 is 15.7. The minimum absolute atomic E-state index is 0.137. The van der Waals surface area contributed by atoms with Crippen molar-refractivity contribution in [3.8, 4) is 0 Å². The quantitative estimate of drug-likeness (QED) is 0.784. The maximum Gasteiger partial charge on any atom is 0.293 e. The first-order valence-corrected chi connectivity index (χ1v) is 7.95. The smallest absolute Gasteiger partial charge is 0.293 e. The van der Waals surface area contributed by atoms with Crippen molar-refractivity contribution in [2.75, 3.05) is 0 Å². The monoisotopic (exact) mass is 350 g/mol. The van der Waals surface area contributed by atoms with Crippen molar-refractivity contribution in [3.63, 3.8) is 0 Å². The van der Waals surface area contributed by atoms with Gasteiger partial charge in [0.1, 0.15) is 5.82 Å². The Balaban J connectivity index is 1.86. The van der Waals surface area contributed by atoms with Crippen LogP contribution in [-0.4, -0.2) is 20.6 Å². The number of imide groups is 1. The number of carbonyl (C=O) groups excluding carboxylic acids is 2. The molecule has 0 saturated carbocycles. The Kier molecular flexibility index (Phi) is 4.28. The maximum absolute atomic E-state index is 13.8. The van der Waals surface area contributed by atoms with Gasteiger partial charge in [-0.25, -0.2) is 4.39 Å². The van der Waals surface area contributed by atoms with Crippen molar-refractivity contribution >= 4 is 40.6 Å². The third-order valence-electron chi connectivity index (χ3n) is 3.40. The first-order chi connectivity index (χ1) is 11.0. The summed E-state index contributed by atoms with van der Waals surface area (Å²) in [5, 5.41) is -0.243. The Bertz CT molecular complexity index is 811. The molecular weight excluding hydrogens is 339 g/mol. The molecule has 7 heteroatoms. The molecule has 0 spiro atoms. The standard InChI is InChI=1S/C16H12ClFN2O2S/c1-19-6-5-10(8-19)7-14-15(21)20(16(22)23-14)9-11-12(17)3-2-4-13(11)18/h2-8H,9H2,1H3/b14-7+. The molecule has 0 unspecified atom stereocenters. The molecule has 1 aromatic heterocycles. The summed E-state index contributed by atoms with van der Waals surface area (Å²) in [6.45, 7) is -0.178. The molecule has 1 aliphatic rings. The summed E-state index contributed by atoms with van der Waals surface area (Å²) in [6, 6.07) is 6.09. The van der Waals surface area contributed by atoms with Crippen LogP contribution in [0.4, 0.5) is 9.18 Å². The van der Waals surface area contributed by atoms with Crippen LogP contribution >= 0.6 is 23.4 Å². The fourth-order valence-corrected chi connectivity index (χ4v) is 3.30. The number of aryl methyl sites for hydroxylation is 1. The SMILES string of the molecule is Cn1ccc(/C=C2/SC(=O)N(Cc3c(F)cccc3Cl)C2=O)c1. The number of hydrogen-bond acceptors (Lipinski definition) is 3. The lowest BCUT2D eigenvalue weighted by Crippen LogP contribution is -2.28. The Labute approximate surface area is 141 Å². The Morgan fingerprint density at radius 1 is 1.30 bits per heavy atom. The molecule has 1 saturated heterocycles. The first-order valence-electron chi connectivity index (χ1n) is 6.76. The number of benzene rings is 1. The van der Waals surface area contributed by atoms with Crippen molar-refractivity contribution < 1.29 is 14.0 Å². The van der Waals surface area contributed by atoms with E-state index < -0.39 is 17.0 Å². The molecule has 1 aromatic carbocycles. The Morgan fingerprint density at radius 2 is 2.09 bits per heavy atom. The van der Waals surface area contributed by atoms with E-state index in [9.17, 15) is 14.0 Å². The van der Waals surface area contributed by atoms with Crippen LogP contribution in [0.25, 0.3) is 6.08 Å². The predicted octanol–water partition coefficient (Wildman–Crippen LogP) is 4.05. The van der Waals surface area contributed by atoms with Crippen LogP contribution < -0.4 is 0 Å². The van der Waals surface area contributed by atoms with Gasteiger partial charge < -0.3 is 4.57 Å². The van der Waals surface area contributed by atoms with E-state index in [0.717, 1.165) is 22.2 Å². The largest absolute Gasteiger partial charge is 0.357 e. The number of aromatic nitrogens is 1. The average Bonchev–Trinajstić information content (AvgIpc) is 3.01. The van der Waals surface area contributed by atoms with Crippen LogP contribution in [-0.2, 0) is 18.4 Å². The molecule has 0 bridgehead atoms. The fraction of sp³-hybridized carbons (Fsp3) is 0.125. The van der Waals surface area contributed by atoms with Gasteiger partial charge in [-0.1, -0.05) is 17.7 Å². The molecule has 118 valence electrons. The second-order valence-electron chi connectivity index (χ2n) is 5.08. The highest BCUT2D eigenvalue weighted by Crippen LogP contribution is 2.34. The van der Waals surface area contributed by atoms with Gasteiger partial charge in [0, 0.05) is 30.0 Å². The lowest BCUT2D eigenvalue weighted by atomic mass is 10.2. The molecule has 0 N–H and O–H groups in total. The number of carbonyl (C=O) groups is 2. The zero-order valence-electron chi connectivity index (χ0n) is 12.1. The fourth-order valence-electron chi connectivity index (χ4n) is 2.24. The van der Waals surface area contributed by atoms with E-state index in [2.05, 4.69) is 0 Å². The lowest BCUT2D eigenvalue weighted by Gasteiger charge is -2.14. The number of halogens is 2. The molecule has 23 heavy (non-hydrogen) atoms. The number of thioether (sulfide) groups is 1. The highest BCUT2D eigenvalue weighted by Gasteiger charge is 2.35. The third-order valence-corrected chi connectivity index (χ3v) is 4.67. The van der Waals surface area contributed by atoms with Gasteiger partial charge in [-0.15, -0.1) is 0 Å². The summed E-state index contributed by atoms with van der Waals surface area (Å²) in [7, 11) is 1.86. The van der Waals surface area contributed by atoms with Crippen LogP contribution in [0.5, 0.6) is 0 Å². The molecule has 1 fully saturated rings. The Morgan fingerprint density at radius 3 is 2.74 bits per heavy atom. The van der Waals surface area contributed by atoms with Crippen LogP contribution in [0.3, 0.4) is 0 Å². The van der Waals surface area contributed by atoms with Crippen LogP contribution in [0, 0.1) is 5.82 Å². The van der Waals surface area contributed by atoms with Crippen molar-refractivity contribution in [1.82, 2.24) is 9.47 Å². The summed E-state index contributed by atoms with van der Waals surface area (Å²) in [6.07, 6.45) is 5.32. The zero-order valence-corrected chi connectivity index (χ0v) is 13.7. The Hall–Kier alpha value is -2.05. The minimum Gasteiger partial charge on any atom is -0.357 e. The lowest BCUT2D eigenvalue weighted by molar-refractivity contribution is -0.123. The van der Waals surface area contributed by atoms with E-state index in [1.165, 1.54) is 18.2 Å². The van der Waals surface area contributed by atoms with Crippen LogP contribution in [0.2, 0.25) is 5.02 Å². The van der Waals surface area contributed by atoms with Gasteiger partial charge in [-0.05, 0) is 41.6 Å². The minimum atomic E-state index is -0.538. The average molecular weight is 351 g/mol. The van der Waals surface area contributed by atoms with Gasteiger partial charge >= 0.3 is 0 Å². The van der Waals surface area contributed by atoms with Crippen molar-refractivity contribution in [2.45, 2.75) is 6.54 Å². The van der Waals surface area contributed by atoms with Gasteiger partial charge in [0.2, 0.25) is 0 Å². The van der Waals surface area contributed by atoms with Gasteiger partial charge in [0.25, 0.3) is 11.1 Å². The van der Waals surface area contributed by atoms with E-state index in [1.807, 2.05) is 30.1 Å². The van der Waals surface area contributed by atoms with E-state index in [-0.39, 0.29) is 17.1 Å². The summed E-state index contributed by atoms with van der Waals surface area (Å²) in [5.74, 6) is -0.980. The number of hydrogen-bond donors (Lipinski definition) is 0. The molecule has 2 amide bonds. The van der Waals surface area contributed by atoms with E-state index in [4.69, 9.17) is 11.6 Å². The topological polar surface area (TPSA) is 42.3 Å². The number of amides is 2. The van der Waals surface area contributed by atoms with Crippen LogP contribution in [0.15, 0.2) is 41.6 Å². The molecule has 0 aliphatic carbocycles. The van der Waals surface area contributed by atoms with Crippen molar-refractivity contribution in [3.05, 3.63) is 63.5 Å². The predicted molar refractivity (Wildman–Crippen MR) is 88.3 cm³/mol. The third kappa shape index (κ3) is 3.18. The van der Waals surface area contributed by atoms with Gasteiger partial charge in [-0.3, -0.25) is 14.5 Å². The van der Waals surface area contributed by atoms with Crippen molar-refractivity contribution in [1.29, 1.82) is 0 Å². The molecule has 0 radical (unpaired) electrons. The summed E-state index contributed by atoms with van der Waals surface area (Å²) >= 11 is 6.80. The molecule has 2 aromatic rings. The van der Waals surface area contributed by atoms with Crippen LogP contribution in [0.1, 0.15) is 11.1 Å². The molecule has 2 heterocycles. The van der Waals surface area contributed by atoms with Gasteiger partial charge in [0.05, 0.1) is 11.4 Å². The zero-order chi connectivity index (χ0) is 16.6. The maximum atomic E-state index is 13.8. The summed E-state index contributed by atoms with van der Waals surface area (Å²) in [5.41, 5.74) is 0.958. The number of nitrogens with zero attached hydrogens (tertiary/aromatic N) is 2. The molecule has 1 aliphatic heterocycles. The van der Waals surface area contributed by atoms with Crippen molar-refractivity contribution in [2.24, 2.45) is 7.05 Å². The molecule has 4 nitrogen and oxygen atoms in total. The second-order valence-corrected chi connectivity index (χ2v) is 6.48. The second kappa shape index (κ2) is 6.22. The molecule has 0 atom stereocenters. The first kappa shape index (κ1) is 15.8. The van der Waals surface area contributed by atoms with Gasteiger partial charge in [-0.2, -0.15) is 0 Å². The van der Waals surface area contributed by atoms with Gasteiger partial charge in [0.15, 0.2) is 0 Å². The summed E-state index contributed by atoms with van der Waals surface area (Å²) in [4.78, 5) is 25.8. The number of rotatable bonds is 3. The van der Waals surface area contributed by atoms with E-state index in [0.29, 0.717) is 4.91 Å².